The van der Waals surface area contributed by atoms with Gasteiger partial charge in [0.05, 0.1) is 6.42 Å². The first-order valence-electron chi connectivity index (χ1n) is 6.44. The number of benzene rings is 2. The van der Waals surface area contributed by atoms with Crippen molar-refractivity contribution >= 4 is 11.0 Å². The van der Waals surface area contributed by atoms with Crippen LogP contribution < -0.4 is 0 Å². The lowest BCUT2D eigenvalue weighted by atomic mass is 10.0. The van der Waals surface area contributed by atoms with Crippen molar-refractivity contribution in [2.45, 2.75) is 12.6 Å². The first-order valence-corrected chi connectivity index (χ1v) is 6.44. The predicted octanol–water partition coefficient (Wildman–Crippen LogP) is 4.62. The summed E-state index contributed by atoms with van der Waals surface area (Å²) in [5.41, 5.74) is 0.650. The Morgan fingerprint density at radius 1 is 0.909 bits per heavy atom. The average Bonchev–Trinajstić information content (AvgIpc) is 2.76. The number of furan rings is 1. The van der Waals surface area contributed by atoms with E-state index in [9.17, 15) is 23.4 Å². The largest absolute Gasteiger partial charge is 0.508 e. The fourth-order valence-electron chi connectivity index (χ4n) is 2.36. The van der Waals surface area contributed by atoms with Crippen molar-refractivity contribution in [1.29, 1.82) is 0 Å². The Hall–Kier alpha value is -2.63. The Bertz CT molecular complexity index is 817. The maximum absolute atomic E-state index is 12.9. The lowest BCUT2D eigenvalue weighted by Crippen LogP contribution is -2.11. The minimum absolute atomic E-state index is 0.00915. The van der Waals surface area contributed by atoms with Crippen LogP contribution in [0.15, 0.2) is 46.9 Å². The zero-order valence-electron chi connectivity index (χ0n) is 11.2. The summed E-state index contributed by atoms with van der Waals surface area (Å²) >= 11 is 0. The van der Waals surface area contributed by atoms with E-state index in [0.29, 0.717) is 5.56 Å². The van der Waals surface area contributed by atoms with E-state index in [2.05, 4.69) is 0 Å². The predicted molar refractivity (Wildman–Crippen MR) is 74.7 cm³/mol. The molecule has 1 aromatic heterocycles. The standard InChI is InChI=1S/C16H11F3O3/c17-16(18,19)8-13-12-7-11(21)5-6-14(12)22-15(13)9-1-3-10(20)4-2-9/h1-7,20-21H,8H2. The van der Waals surface area contributed by atoms with Crippen LogP contribution in [-0.4, -0.2) is 16.4 Å². The van der Waals surface area contributed by atoms with Crippen molar-refractivity contribution in [3.63, 3.8) is 0 Å². The third-order valence-corrected chi connectivity index (χ3v) is 3.28. The van der Waals surface area contributed by atoms with Crippen molar-refractivity contribution < 1.29 is 27.8 Å². The van der Waals surface area contributed by atoms with Crippen LogP contribution in [0.2, 0.25) is 0 Å². The van der Waals surface area contributed by atoms with E-state index in [1.54, 1.807) is 0 Å². The van der Waals surface area contributed by atoms with Crippen molar-refractivity contribution in [3.05, 3.63) is 48.0 Å². The molecule has 114 valence electrons. The van der Waals surface area contributed by atoms with Gasteiger partial charge in [-0.15, -0.1) is 0 Å². The molecule has 0 aliphatic carbocycles. The summed E-state index contributed by atoms with van der Waals surface area (Å²) in [6, 6.07) is 9.73. The summed E-state index contributed by atoms with van der Waals surface area (Å²) in [7, 11) is 0. The highest BCUT2D eigenvalue weighted by atomic mass is 19.4. The Balaban J connectivity index is 2.23. The molecule has 0 radical (unpaired) electrons. The average molecular weight is 308 g/mol. The molecule has 0 spiro atoms. The molecule has 2 N–H and O–H groups in total. The second kappa shape index (κ2) is 4.98. The summed E-state index contributed by atoms with van der Waals surface area (Å²) in [4.78, 5) is 0. The molecule has 3 rings (SSSR count). The lowest BCUT2D eigenvalue weighted by molar-refractivity contribution is -0.127. The third-order valence-electron chi connectivity index (χ3n) is 3.28. The molecular weight excluding hydrogens is 297 g/mol. The highest BCUT2D eigenvalue weighted by Gasteiger charge is 2.32. The van der Waals surface area contributed by atoms with Gasteiger partial charge < -0.3 is 14.6 Å². The van der Waals surface area contributed by atoms with Gasteiger partial charge in [-0.2, -0.15) is 13.2 Å². The number of fused-ring (bicyclic) bond motifs is 1. The zero-order valence-corrected chi connectivity index (χ0v) is 11.2. The third kappa shape index (κ3) is 2.72. The Kier molecular flexibility index (Phi) is 3.24. The highest BCUT2D eigenvalue weighted by Crippen LogP contribution is 2.38. The highest BCUT2D eigenvalue weighted by molar-refractivity contribution is 5.89. The zero-order chi connectivity index (χ0) is 15.9. The van der Waals surface area contributed by atoms with Crippen LogP contribution in [0.4, 0.5) is 13.2 Å². The van der Waals surface area contributed by atoms with E-state index < -0.39 is 12.6 Å². The van der Waals surface area contributed by atoms with Gasteiger partial charge in [-0.25, -0.2) is 0 Å². The summed E-state index contributed by atoms with van der Waals surface area (Å²) in [6.07, 6.45) is -5.58. The topological polar surface area (TPSA) is 53.6 Å². The van der Waals surface area contributed by atoms with Crippen LogP contribution in [-0.2, 0) is 6.42 Å². The summed E-state index contributed by atoms with van der Waals surface area (Å²) in [6.45, 7) is 0. The molecule has 0 bridgehead atoms. The minimum Gasteiger partial charge on any atom is -0.508 e. The molecule has 0 saturated heterocycles. The summed E-state index contributed by atoms with van der Waals surface area (Å²) in [5, 5.41) is 19.0. The van der Waals surface area contributed by atoms with Gasteiger partial charge in [0.2, 0.25) is 0 Å². The van der Waals surface area contributed by atoms with Crippen molar-refractivity contribution in [3.8, 4) is 22.8 Å². The molecule has 3 nitrogen and oxygen atoms in total. The van der Waals surface area contributed by atoms with E-state index in [-0.39, 0.29) is 33.8 Å². The van der Waals surface area contributed by atoms with Gasteiger partial charge in [0.25, 0.3) is 0 Å². The molecule has 0 aliphatic heterocycles. The first-order chi connectivity index (χ1) is 10.3. The van der Waals surface area contributed by atoms with Crippen LogP contribution in [0.25, 0.3) is 22.3 Å². The van der Waals surface area contributed by atoms with Crippen LogP contribution in [0.3, 0.4) is 0 Å². The summed E-state index contributed by atoms with van der Waals surface area (Å²) < 4.78 is 44.1. The van der Waals surface area contributed by atoms with Gasteiger partial charge in [-0.05, 0) is 42.5 Å². The molecule has 6 heteroatoms. The SMILES string of the molecule is Oc1ccc(-c2oc3ccc(O)cc3c2CC(F)(F)F)cc1. The molecule has 0 unspecified atom stereocenters. The first kappa shape index (κ1) is 14.3. The fourth-order valence-corrected chi connectivity index (χ4v) is 2.36. The van der Waals surface area contributed by atoms with Gasteiger partial charge in [-0.3, -0.25) is 0 Å². The number of alkyl halides is 3. The minimum atomic E-state index is -4.41. The molecule has 3 aromatic rings. The van der Waals surface area contributed by atoms with Crippen LogP contribution in [0.5, 0.6) is 11.5 Å². The number of hydrogen-bond acceptors (Lipinski definition) is 3. The van der Waals surface area contributed by atoms with Crippen LogP contribution in [0, 0.1) is 0 Å². The number of phenolic OH excluding ortho intramolecular Hbond substituents is 2. The van der Waals surface area contributed by atoms with Gasteiger partial charge in [-0.1, -0.05) is 0 Å². The Morgan fingerprint density at radius 2 is 1.55 bits per heavy atom. The van der Waals surface area contributed by atoms with Gasteiger partial charge in [0.15, 0.2) is 0 Å². The number of hydrogen-bond donors (Lipinski definition) is 2. The molecule has 0 atom stereocenters. The normalized spacial score (nSPS) is 12.0. The maximum atomic E-state index is 12.9. The molecule has 2 aromatic carbocycles. The van der Waals surface area contributed by atoms with Gasteiger partial charge >= 0.3 is 6.18 Å². The lowest BCUT2D eigenvalue weighted by Gasteiger charge is -2.07. The molecule has 22 heavy (non-hydrogen) atoms. The quantitative estimate of drug-likeness (QED) is 0.726. The van der Waals surface area contributed by atoms with E-state index in [1.165, 1.54) is 42.5 Å². The second-order valence-corrected chi connectivity index (χ2v) is 4.93. The van der Waals surface area contributed by atoms with Crippen LogP contribution >= 0.6 is 0 Å². The van der Waals surface area contributed by atoms with Crippen molar-refractivity contribution in [2.75, 3.05) is 0 Å². The van der Waals surface area contributed by atoms with Crippen LogP contribution in [0.1, 0.15) is 5.56 Å². The van der Waals surface area contributed by atoms with E-state index in [1.807, 2.05) is 0 Å². The molecule has 1 heterocycles. The monoisotopic (exact) mass is 308 g/mol. The number of rotatable bonds is 2. The smallest absolute Gasteiger partial charge is 0.393 e. The van der Waals surface area contributed by atoms with Crippen molar-refractivity contribution in [2.24, 2.45) is 0 Å². The molecule has 0 fully saturated rings. The number of phenols is 2. The molecule has 0 saturated carbocycles. The molecule has 0 aliphatic rings. The Labute approximate surface area is 123 Å². The fraction of sp³-hybridized carbons (Fsp3) is 0.125. The maximum Gasteiger partial charge on any atom is 0.393 e. The summed E-state index contributed by atoms with van der Waals surface area (Å²) in [5.74, 6) is -0.0400. The number of aromatic hydroxyl groups is 2. The van der Waals surface area contributed by atoms with E-state index >= 15 is 0 Å². The number of halogens is 3. The van der Waals surface area contributed by atoms with Gasteiger partial charge in [0, 0.05) is 16.5 Å². The van der Waals surface area contributed by atoms with E-state index in [4.69, 9.17) is 4.42 Å². The van der Waals surface area contributed by atoms with E-state index in [0.717, 1.165) is 0 Å². The van der Waals surface area contributed by atoms with Gasteiger partial charge in [0.1, 0.15) is 22.8 Å². The second-order valence-electron chi connectivity index (χ2n) is 4.93. The van der Waals surface area contributed by atoms with Crippen molar-refractivity contribution in [1.82, 2.24) is 0 Å². The molecular formula is C16H11F3O3. The Morgan fingerprint density at radius 3 is 2.18 bits per heavy atom. The molecule has 0 amide bonds.